The van der Waals surface area contributed by atoms with Crippen LogP contribution in [0.1, 0.15) is 24.8 Å². The van der Waals surface area contributed by atoms with E-state index in [1.807, 2.05) is 23.1 Å². The first-order valence-electron chi connectivity index (χ1n) is 14.1. The maximum Gasteiger partial charge on any atom is 0.329 e. The second-order valence-electron chi connectivity index (χ2n) is 10.1. The van der Waals surface area contributed by atoms with E-state index in [-0.39, 0.29) is 36.5 Å². The number of carbonyl (C=O) groups is 3. The van der Waals surface area contributed by atoms with Gasteiger partial charge in [-0.3, -0.25) is 14.2 Å². The van der Waals surface area contributed by atoms with E-state index in [1.54, 1.807) is 48.5 Å². The molecule has 1 unspecified atom stereocenters. The summed E-state index contributed by atoms with van der Waals surface area (Å²) in [5, 5.41) is 12.0. The first kappa shape index (κ1) is 32.5. The van der Waals surface area contributed by atoms with Gasteiger partial charge in [-0.25, -0.2) is 14.8 Å². The molecule has 2 amide bonds. The molecule has 1 atom stereocenters. The van der Waals surface area contributed by atoms with E-state index in [1.165, 1.54) is 0 Å². The number of amides is 2. The van der Waals surface area contributed by atoms with Crippen LogP contribution in [0.3, 0.4) is 0 Å². The molecule has 1 aromatic carbocycles. The highest BCUT2D eigenvalue weighted by molar-refractivity contribution is 6.29. The number of unbranched alkanes of at least 4 members (excludes halogenated alkanes) is 1. The zero-order valence-electron chi connectivity index (χ0n) is 24.6. The fourth-order valence-corrected chi connectivity index (χ4v) is 5.09. The number of hydrogen-bond acceptors (Lipinski definition) is 10. The van der Waals surface area contributed by atoms with Crippen LogP contribution in [-0.4, -0.2) is 107 Å². The van der Waals surface area contributed by atoms with Gasteiger partial charge < -0.3 is 34.4 Å². The van der Waals surface area contributed by atoms with Gasteiger partial charge in [0.05, 0.1) is 20.3 Å². The number of aromatic nitrogens is 4. The largest absolute Gasteiger partial charge is 0.493 e. The highest BCUT2D eigenvalue weighted by Gasteiger charge is 2.32. The number of anilines is 1. The van der Waals surface area contributed by atoms with Gasteiger partial charge in [-0.1, -0.05) is 17.7 Å². The molecule has 14 nitrogen and oxygen atoms in total. The number of rotatable bonds is 15. The van der Waals surface area contributed by atoms with Gasteiger partial charge >= 0.3 is 5.97 Å². The minimum atomic E-state index is -1.16. The van der Waals surface area contributed by atoms with Crippen molar-refractivity contribution in [1.82, 2.24) is 29.7 Å². The number of imidazole rings is 1. The molecular weight excluding hydrogens is 594 g/mol. The Morgan fingerprint density at radius 1 is 1.07 bits per heavy atom. The predicted octanol–water partition coefficient (Wildman–Crippen LogP) is 1.98. The van der Waals surface area contributed by atoms with E-state index in [2.05, 4.69) is 20.3 Å². The number of ether oxygens (including phenoxy) is 3. The van der Waals surface area contributed by atoms with Gasteiger partial charge in [-0.2, -0.15) is 4.98 Å². The second-order valence-corrected chi connectivity index (χ2v) is 10.5. The zero-order chi connectivity index (χ0) is 31.5. The molecule has 3 heterocycles. The van der Waals surface area contributed by atoms with E-state index >= 15 is 0 Å². The standard InChI is InChI=1S/C29H36ClN7O7/c1-42-22-7-6-20(13-23(22)43-2)5-3-4-8-32-26(38)14-21-16-35(27(39)17-44-18-28(40)41)11-12-37(21)25-15-24(30)33-29(34-25)36-10-9-31-19-36/h6-7,9-10,13,15,19,21H,3-5,8,11-12,14,16-18H2,1-2H3,(H,32,38)(H,40,41). The average molecular weight is 630 g/mol. The Morgan fingerprint density at radius 3 is 2.61 bits per heavy atom. The molecule has 1 fully saturated rings. The predicted molar refractivity (Wildman–Crippen MR) is 160 cm³/mol. The van der Waals surface area contributed by atoms with Gasteiger partial charge in [-0.15, -0.1) is 0 Å². The Kier molecular flexibility index (Phi) is 11.7. The lowest BCUT2D eigenvalue weighted by molar-refractivity contribution is -0.146. The molecule has 2 N–H and O–H groups in total. The molecule has 2 aromatic heterocycles. The fourth-order valence-electron chi connectivity index (χ4n) is 4.91. The van der Waals surface area contributed by atoms with Crippen molar-refractivity contribution in [2.24, 2.45) is 0 Å². The minimum absolute atomic E-state index is 0.0947. The van der Waals surface area contributed by atoms with Crippen molar-refractivity contribution in [3.8, 4) is 17.4 Å². The number of piperazine rings is 1. The summed E-state index contributed by atoms with van der Waals surface area (Å²) < 4.78 is 17.3. The first-order valence-corrected chi connectivity index (χ1v) is 14.5. The third-order valence-corrected chi connectivity index (χ3v) is 7.26. The van der Waals surface area contributed by atoms with Crippen molar-refractivity contribution >= 4 is 35.2 Å². The summed E-state index contributed by atoms with van der Waals surface area (Å²) >= 11 is 6.34. The summed E-state index contributed by atoms with van der Waals surface area (Å²) in [6.07, 6.45) is 7.40. The summed E-state index contributed by atoms with van der Waals surface area (Å²) in [5.41, 5.74) is 1.11. The smallest absolute Gasteiger partial charge is 0.329 e. The van der Waals surface area contributed by atoms with Crippen LogP contribution in [0.5, 0.6) is 11.5 Å². The molecule has 0 aliphatic carbocycles. The molecule has 0 radical (unpaired) electrons. The summed E-state index contributed by atoms with van der Waals surface area (Å²) in [6.45, 7) is 0.463. The third-order valence-electron chi connectivity index (χ3n) is 7.07. The van der Waals surface area contributed by atoms with Crippen molar-refractivity contribution in [3.05, 3.63) is 53.7 Å². The summed E-state index contributed by atoms with van der Waals surface area (Å²) in [6, 6.07) is 7.01. The molecule has 236 valence electrons. The molecule has 4 rings (SSSR count). The topological polar surface area (TPSA) is 161 Å². The van der Waals surface area contributed by atoms with Crippen LogP contribution in [0.25, 0.3) is 5.95 Å². The van der Waals surface area contributed by atoms with Crippen LogP contribution in [0.15, 0.2) is 43.0 Å². The number of hydrogen-bond donors (Lipinski definition) is 2. The van der Waals surface area contributed by atoms with Crippen LogP contribution >= 0.6 is 11.6 Å². The SMILES string of the molecule is COc1ccc(CCCCNC(=O)CC2CN(C(=O)COCC(=O)O)CCN2c2cc(Cl)nc(-n3ccnc3)n2)cc1OC. The fraction of sp³-hybridized carbons (Fsp3) is 0.448. The molecule has 44 heavy (non-hydrogen) atoms. The zero-order valence-corrected chi connectivity index (χ0v) is 25.4. The number of aliphatic carboxylic acids is 1. The number of aryl methyl sites for hydroxylation is 1. The van der Waals surface area contributed by atoms with Crippen molar-refractivity contribution in [1.29, 1.82) is 0 Å². The van der Waals surface area contributed by atoms with Crippen molar-refractivity contribution in [2.75, 3.05) is 58.5 Å². The lowest BCUT2D eigenvalue weighted by Gasteiger charge is -2.42. The van der Waals surface area contributed by atoms with Crippen LogP contribution < -0.4 is 19.7 Å². The van der Waals surface area contributed by atoms with Gasteiger partial charge in [0.25, 0.3) is 0 Å². The average Bonchev–Trinajstić information content (AvgIpc) is 3.55. The number of carbonyl (C=O) groups excluding carboxylic acids is 2. The number of benzene rings is 1. The van der Waals surface area contributed by atoms with E-state index in [0.29, 0.717) is 42.9 Å². The molecule has 1 saturated heterocycles. The quantitative estimate of drug-likeness (QED) is 0.187. The highest BCUT2D eigenvalue weighted by Crippen LogP contribution is 2.28. The Balaban J connectivity index is 1.38. The summed E-state index contributed by atoms with van der Waals surface area (Å²) in [5.74, 6) is 0.506. The molecule has 0 bridgehead atoms. The van der Waals surface area contributed by atoms with Crippen molar-refractivity contribution in [3.63, 3.8) is 0 Å². The van der Waals surface area contributed by atoms with E-state index < -0.39 is 18.6 Å². The molecule has 15 heteroatoms. The highest BCUT2D eigenvalue weighted by atomic mass is 35.5. The Labute approximate surface area is 259 Å². The molecule has 0 saturated carbocycles. The van der Waals surface area contributed by atoms with Crippen LogP contribution in [0.4, 0.5) is 5.82 Å². The lowest BCUT2D eigenvalue weighted by atomic mass is 10.1. The monoisotopic (exact) mass is 629 g/mol. The van der Waals surface area contributed by atoms with E-state index in [0.717, 1.165) is 24.8 Å². The Morgan fingerprint density at radius 2 is 1.89 bits per heavy atom. The van der Waals surface area contributed by atoms with Gasteiger partial charge in [0.2, 0.25) is 17.8 Å². The van der Waals surface area contributed by atoms with E-state index in [9.17, 15) is 14.4 Å². The normalized spacial score (nSPS) is 14.8. The molecular formula is C29H36ClN7O7. The van der Waals surface area contributed by atoms with E-state index in [4.69, 9.17) is 30.9 Å². The number of carboxylic acids is 1. The maximum atomic E-state index is 13.1. The Hall–Kier alpha value is -4.43. The number of methoxy groups -OCH3 is 2. The molecule has 3 aromatic rings. The molecule has 0 spiro atoms. The molecule has 1 aliphatic rings. The number of nitrogens with one attached hydrogen (secondary N) is 1. The van der Waals surface area contributed by atoms with Crippen molar-refractivity contribution in [2.45, 2.75) is 31.7 Å². The minimum Gasteiger partial charge on any atom is -0.493 e. The van der Waals surface area contributed by atoms with Gasteiger partial charge in [0, 0.05) is 51.1 Å². The number of halogens is 1. The van der Waals surface area contributed by atoms with Crippen LogP contribution in [0, 0.1) is 0 Å². The van der Waals surface area contributed by atoms with Gasteiger partial charge in [-0.05, 0) is 37.0 Å². The Bertz CT molecular complexity index is 1420. The molecule has 1 aliphatic heterocycles. The second kappa shape index (κ2) is 15.9. The summed E-state index contributed by atoms with van der Waals surface area (Å²) in [4.78, 5) is 53.1. The van der Waals surface area contributed by atoms with Gasteiger partial charge in [0.1, 0.15) is 30.5 Å². The van der Waals surface area contributed by atoms with Crippen LogP contribution in [0.2, 0.25) is 5.15 Å². The first-order chi connectivity index (χ1) is 21.3. The number of carboxylic acid groups (broad SMARTS) is 1. The summed E-state index contributed by atoms with van der Waals surface area (Å²) in [7, 11) is 3.20. The lowest BCUT2D eigenvalue weighted by Crippen LogP contribution is -2.57. The van der Waals surface area contributed by atoms with Crippen LogP contribution in [-0.2, 0) is 25.5 Å². The number of nitrogens with zero attached hydrogens (tertiary/aromatic N) is 6. The van der Waals surface area contributed by atoms with Crippen molar-refractivity contribution < 1.29 is 33.7 Å². The van der Waals surface area contributed by atoms with Gasteiger partial charge in [0.15, 0.2) is 11.5 Å². The third kappa shape index (κ3) is 9.04. The maximum absolute atomic E-state index is 13.1.